The van der Waals surface area contributed by atoms with Crippen molar-refractivity contribution in [2.24, 2.45) is 0 Å². The maximum atomic E-state index is 12.8. The smallest absolute Gasteiger partial charge is 0.422 e. The molecule has 14 nitrogen and oxygen atoms in total. The maximum absolute atomic E-state index is 12.8. The quantitative estimate of drug-likeness (QED) is 0.0715. The fraction of sp³-hybridized carbons (Fsp3) is 0.333. The predicted molar refractivity (Wildman–Crippen MR) is 203 cm³/mol. The number of nitro groups is 2. The summed E-state index contributed by atoms with van der Waals surface area (Å²) in [7, 11) is 0. The molecule has 2 aliphatic rings. The Morgan fingerprint density at radius 3 is 1.48 bits per heavy atom. The molecule has 2 heterocycles. The summed E-state index contributed by atoms with van der Waals surface area (Å²) in [6, 6.07) is 15.5. The first kappa shape index (κ1) is 46.4. The third-order valence-corrected chi connectivity index (χ3v) is 9.71. The van der Waals surface area contributed by atoms with E-state index in [1.807, 2.05) is 9.80 Å². The van der Waals surface area contributed by atoms with E-state index >= 15 is 0 Å². The Morgan fingerprint density at radius 2 is 1.05 bits per heavy atom. The summed E-state index contributed by atoms with van der Waals surface area (Å²) in [5.74, 6) is -1.94. The number of phenolic OH excluding ortho intramolecular Hbond substituents is 1. The molecule has 62 heavy (non-hydrogen) atoms. The Morgan fingerprint density at radius 1 is 0.613 bits per heavy atom. The number of nitrogens with zero attached hydrogens (tertiary/aromatic N) is 6. The van der Waals surface area contributed by atoms with E-state index in [9.17, 15) is 74.4 Å². The number of anilines is 2. The average Bonchev–Trinajstić information content (AvgIpc) is 3.22. The second-order valence-electron chi connectivity index (χ2n) is 13.9. The highest BCUT2D eigenvalue weighted by Crippen LogP contribution is 2.33. The molecule has 0 saturated carbocycles. The zero-order valence-electron chi connectivity index (χ0n) is 32.0. The molecule has 4 aromatic rings. The number of piperazine rings is 2. The molecule has 0 unspecified atom stereocenters. The van der Waals surface area contributed by atoms with Gasteiger partial charge in [0, 0.05) is 88.0 Å². The minimum atomic E-state index is -4.66. The largest absolute Gasteiger partial charge is 0.507 e. The van der Waals surface area contributed by atoms with Crippen LogP contribution in [0.4, 0.5) is 62.3 Å². The van der Waals surface area contributed by atoms with Gasteiger partial charge in [0.05, 0.1) is 38.6 Å². The number of rotatable bonds is 10. The Labute approximate surface area is 345 Å². The van der Waals surface area contributed by atoms with Crippen LogP contribution >= 0.6 is 0 Å². The maximum Gasteiger partial charge on any atom is 0.422 e. The first-order chi connectivity index (χ1) is 29.0. The van der Waals surface area contributed by atoms with Gasteiger partial charge in [-0.15, -0.1) is 0 Å². The number of nitro benzene ring substituents is 2. The SMILES string of the molecule is O=C(CN1CCN(c2ccc(C(F)(F)F)cc2)CC1)c1cc([N+](=O)[O-])ccc1OCC(F)(F)F.O=C(c1cc([N+](=O)[O-])ccc1O)N1CCN(c2ccc(C(F)(F)F)cc2)CC1. The summed E-state index contributed by atoms with van der Waals surface area (Å²) in [5.41, 5.74) is -1.55. The van der Waals surface area contributed by atoms with Crippen LogP contribution in [0.25, 0.3) is 0 Å². The summed E-state index contributed by atoms with van der Waals surface area (Å²) >= 11 is 0. The minimum absolute atomic E-state index is 0.155. The fourth-order valence-corrected chi connectivity index (χ4v) is 6.46. The Bertz CT molecular complexity index is 2240. The van der Waals surface area contributed by atoms with Gasteiger partial charge in [-0.25, -0.2) is 0 Å². The van der Waals surface area contributed by atoms with Crippen LogP contribution in [0.3, 0.4) is 0 Å². The van der Waals surface area contributed by atoms with Crippen molar-refractivity contribution < 1.29 is 68.8 Å². The molecule has 0 radical (unpaired) electrons. The highest BCUT2D eigenvalue weighted by atomic mass is 19.4. The molecular formula is C39H35F9N6O8. The second kappa shape index (κ2) is 19.0. The highest BCUT2D eigenvalue weighted by Gasteiger charge is 2.33. The van der Waals surface area contributed by atoms with Crippen LogP contribution in [0.15, 0.2) is 84.9 Å². The van der Waals surface area contributed by atoms with Crippen molar-refractivity contribution in [3.8, 4) is 11.5 Å². The number of hydrogen-bond donors (Lipinski definition) is 1. The van der Waals surface area contributed by atoms with Crippen molar-refractivity contribution in [1.82, 2.24) is 9.80 Å². The van der Waals surface area contributed by atoms with Crippen LogP contribution in [0.5, 0.6) is 11.5 Å². The number of alkyl halides is 9. The van der Waals surface area contributed by atoms with Crippen molar-refractivity contribution in [3.63, 3.8) is 0 Å². The molecule has 0 aromatic heterocycles. The van der Waals surface area contributed by atoms with Crippen molar-refractivity contribution >= 4 is 34.4 Å². The number of carbonyl (C=O) groups is 2. The van der Waals surface area contributed by atoms with Gasteiger partial charge in [-0.3, -0.25) is 34.7 Å². The summed E-state index contributed by atoms with van der Waals surface area (Å²) in [4.78, 5) is 52.7. The van der Waals surface area contributed by atoms with E-state index in [-0.39, 0.29) is 42.2 Å². The lowest BCUT2D eigenvalue weighted by Crippen LogP contribution is -2.48. The van der Waals surface area contributed by atoms with Crippen LogP contribution in [0, 0.1) is 20.2 Å². The summed E-state index contributed by atoms with van der Waals surface area (Å²) < 4.78 is 118. The molecular weight excluding hydrogens is 851 g/mol. The summed E-state index contributed by atoms with van der Waals surface area (Å²) in [6.45, 7) is 0.905. The van der Waals surface area contributed by atoms with Crippen molar-refractivity contribution in [3.05, 3.63) is 127 Å². The van der Waals surface area contributed by atoms with E-state index in [2.05, 4.69) is 4.74 Å². The number of ketones is 1. The van der Waals surface area contributed by atoms with E-state index in [1.54, 1.807) is 4.90 Å². The van der Waals surface area contributed by atoms with Gasteiger partial charge in [0.15, 0.2) is 12.4 Å². The lowest BCUT2D eigenvalue weighted by atomic mass is 10.1. The molecule has 0 spiro atoms. The monoisotopic (exact) mass is 886 g/mol. The number of non-ortho nitro benzene ring substituents is 2. The first-order valence-electron chi connectivity index (χ1n) is 18.3. The predicted octanol–water partition coefficient (Wildman–Crippen LogP) is 7.84. The molecule has 0 atom stereocenters. The van der Waals surface area contributed by atoms with Crippen LogP contribution in [-0.2, 0) is 12.4 Å². The van der Waals surface area contributed by atoms with Crippen LogP contribution in [0.1, 0.15) is 31.8 Å². The highest BCUT2D eigenvalue weighted by molar-refractivity contribution is 6.00. The molecule has 23 heteroatoms. The molecule has 0 bridgehead atoms. The summed E-state index contributed by atoms with van der Waals surface area (Å²) in [6.07, 6.45) is -13.5. The average molecular weight is 887 g/mol. The Hall–Kier alpha value is -6.65. The third kappa shape index (κ3) is 12.2. The Kier molecular flexibility index (Phi) is 14.2. The zero-order valence-corrected chi connectivity index (χ0v) is 32.0. The molecule has 2 aliphatic heterocycles. The third-order valence-electron chi connectivity index (χ3n) is 9.71. The van der Waals surface area contributed by atoms with Gasteiger partial charge < -0.3 is 24.5 Å². The van der Waals surface area contributed by atoms with E-state index in [1.165, 1.54) is 29.2 Å². The molecule has 6 rings (SSSR count). The second-order valence-corrected chi connectivity index (χ2v) is 13.9. The normalized spacial score (nSPS) is 15.1. The van der Waals surface area contributed by atoms with Crippen molar-refractivity contribution in [1.29, 1.82) is 0 Å². The minimum Gasteiger partial charge on any atom is -0.507 e. The van der Waals surface area contributed by atoms with E-state index in [0.29, 0.717) is 50.6 Å². The number of aromatic hydroxyl groups is 1. The van der Waals surface area contributed by atoms with Crippen molar-refractivity contribution in [2.45, 2.75) is 18.5 Å². The standard InChI is InChI=1S/C21H19F6N3O4.C18H16F3N3O4/c22-20(23,24)13-34-19-6-5-16(30(32)33)11-17(19)18(31)12-28-7-9-29(10-8-28)15-3-1-14(2-4-15)21(25,26)27;19-18(20,21)12-1-3-13(4-2-12)22-7-9-23(10-8-22)17(26)15-11-14(24(27)28)5-6-16(15)25/h1-6,11H,7-10,12-13H2;1-6,11,25H,7-10H2. The number of hydrogen-bond acceptors (Lipinski definition) is 11. The topological polar surface area (TPSA) is 163 Å². The fourth-order valence-electron chi connectivity index (χ4n) is 6.46. The van der Waals surface area contributed by atoms with Crippen LogP contribution in [-0.4, -0.2) is 108 Å². The lowest BCUT2D eigenvalue weighted by Gasteiger charge is -2.36. The van der Waals surface area contributed by atoms with E-state index in [0.717, 1.165) is 60.7 Å². The molecule has 1 amide bonds. The number of halogens is 9. The molecule has 2 saturated heterocycles. The van der Waals surface area contributed by atoms with Crippen molar-refractivity contribution in [2.75, 3.05) is 75.3 Å². The molecule has 4 aromatic carbocycles. The van der Waals surface area contributed by atoms with Gasteiger partial charge in [0.1, 0.15) is 11.5 Å². The number of phenols is 1. The Balaban J connectivity index is 0.000000238. The van der Waals surface area contributed by atoms with Gasteiger partial charge in [-0.2, -0.15) is 39.5 Å². The number of Topliss-reactive ketones (excluding diaryl/α,β-unsaturated/α-hetero) is 1. The number of benzene rings is 4. The van der Waals surface area contributed by atoms with Gasteiger partial charge in [-0.1, -0.05) is 0 Å². The molecule has 2 fully saturated rings. The van der Waals surface area contributed by atoms with E-state index < -0.39 is 69.2 Å². The number of amides is 1. The van der Waals surface area contributed by atoms with Gasteiger partial charge in [-0.05, 0) is 60.7 Å². The molecule has 0 aliphatic carbocycles. The van der Waals surface area contributed by atoms with Crippen LogP contribution < -0.4 is 14.5 Å². The zero-order chi connectivity index (χ0) is 45.6. The van der Waals surface area contributed by atoms with Gasteiger partial charge >= 0.3 is 18.5 Å². The molecule has 1 N–H and O–H groups in total. The first-order valence-corrected chi connectivity index (χ1v) is 18.3. The molecule has 332 valence electrons. The van der Waals surface area contributed by atoms with Crippen LogP contribution in [0.2, 0.25) is 0 Å². The van der Waals surface area contributed by atoms with Gasteiger partial charge in [0.2, 0.25) is 0 Å². The van der Waals surface area contributed by atoms with Gasteiger partial charge in [0.25, 0.3) is 17.3 Å². The number of carbonyl (C=O) groups excluding carboxylic acids is 2. The summed E-state index contributed by atoms with van der Waals surface area (Å²) in [5, 5.41) is 31.8. The van der Waals surface area contributed by atoms with E-state index in [4.69, 9.17) is 0 Å². The number of ether oxygens (including phenoxy) is 1. The lowest BCUT2D eigenvalue weighted by molar-refractivity contribution is -0.385.